The van der Waals surface area contributed by atoms with Crippen LogP contribution in [0.1, 0.15) is 12.0 Å². The number of nitrogens with zero attached hydrogens (tertiary/aromatic N) is 2. The molecule has 0 saturated carbocycles. The zero-order valence-electron chi connectivity index (χ0n) is 14.1. The molecule has 0 fully saturated rings. The summed E-state index contributed by atoms with van der Waals surface area (Å²) in [5.74, 6) is 1.79. The summed E-state index contributed by atoms with van der Waals surface area (Å²) in [6.07, 6.45) is 2.00. The fourth-order valence-electron chi connectivity index (χ4n) is 2.05. The zero-order chi connectivity index (χ0) is 15.5. The number of benzene rings is 1. The van der Waals surface area contributed by atoms with Crippen molar-refractivity contribution in [3.8, 4) is 5.75 Å². The lowest BCUT2D eigenvalue weighted by Crippen LogP contribution is -2.39. The SMILES string of the molecule is CN=C(NCCCN(C)C)NCCc1ccccc1OC.I. The minimum atomic E-state index is 0. The van der Waals surface area contributed by atoms with Crippen LogP contribution in [0.3, 0.4) is 0 Å². The number of halogens is 1. The molecule has 0 aliphatic carbocycles. The number of aliphatic imine (C=N–C) groups is 1. The summed E-state index contributed by atoms with van der Waals surface area (Å²) in [4.78, 5) is 6.41. The molecule has 22 heavy (non-hydrogen) atoms. The van der Waals surface area contributed by atoms with Crippen LogP contribution in [-0.2, 0) is 6.42 Å². The maximum Gasteiger partial charge on any atom is 0.190 e. The van der Waals surface area contributed by atoms with Gasteiger partial charge in [0, 0.05) is 20.1 Å². The highest BCUT2D eigenvalue weighted by atomic mass is 127. The molecule has 1 rings (SSSR count). The monoisotopic (exact) mass is 420 g/mol. The van der Waals surface area contributed by atoms with Crippen LogP contribution in [0.4, 0.5) is 0 Å². The number of rotatable bonds is 8. The van der Waals surface area contributed by atoms with E-state index in [1.54, 1.807) is 14.2 Å². The third-order valence-electron chi connectivity index (χ3n) is 3.18. The lowest BCUT2D eigenvalue weighted by atomic mass is 10.1. The molecule has 0 aliphatic heterocycles. The molecule has 0 unspecified atom stereocenters. The van der Waals surface area contributed by atoms with Gasteiger partial charge >= 0.3 is 0 Å². The molecule has 0 bridgehead atoms. The largest absolute Gasteiger partial charge is 0.496 e. The average molecular weight is 420 g/mol. The first-order chi connectivity index (χ1) is 10.2. The second-order valence-electron chi connectivity index (χ2n) is 5.14. The lowest BCUT2D eigenvalue weighted by molar-refractivity contribution is 0.399. The van der Waals surface area contributed by atoms with Crippen LogP contribution in [0.2, 0.25) is 0 Å². The summed E-state index contributed by atoms with van der Waals surface area (Å²) in [5.41, 5.74) is 1.20. The van der Waals surface area contributed by atoms with E-state index < -0.39 is 0 Å². The first-order valence-electron chi connectivity index (χ1n) is 7.38. The van der Waals surface area contributed by atoms with E-state index in [0.29, 0.717) is 0 Å². The zero-order valence-corrected chi connectivity index (χ0v) is 16.4. The quantitative estimate of drug-likeness (QED) is 0.292. The normalized spacial score (nSPS) is 11.0. The maximum absolute atomic E-state index is 5.35. The van der Waals surface area contributed by atoms with E-state index in [9.17, 15) is 0 Å². The van der Waals surface area contributed by atoms with Crippen LogP contribution in [0, 0.1) is 0 Å². The van der Waals surface area contributed by atoms with E-state index >= 15 is 0 Å². The number of nitrogens with one attached hydrogen (secondary N) is 2. The van der Waals surface area contributed by atoms with Gasteiger partial charge in [-0.25, -0.2) is 0 Å². The number of ether oxygens (including phenoxy) is 1. The lowest BCUT2D eigenvalue weighted by Gasteiger charge is -2.14. The molecule has 2 N–H and O–H groups in total. The minimum absolute atomic E-state index is 0. The van der Waals surface area contributed by atoms with Crippen LogP contribution in [0.25, 0.3) is 0 Å². The fraction of sp³-hybridized carbons (Fsp3) is 0.562. The van der Waals surface area contributed by atoms with Crippen molar-refractivity contribution in [1.82, 2.24) is 15.5 Å². The molecular weight excluding hydrogens is 391 g/mol. The average Bonchev–Trinajstić information content (AvgIpc) is 2.49. The van der Waals surface area contributed by atoms with Crippen molar-refractivity contribution in [1.29, 1.82) is 0 Å². The smallest absolute Gasteiger partial charge is 0.190 e. The Morgan fingerprint density at radius 2 is 1.86 bits per heavy atom. The van der Waals surface area contributed by atoms with Gasteiger partial charge < -0.3 is 20.3 Å². The molecule has 1 aromatic rings. The molecule has 5 nitrogen and oxygen atoms in total. The second-order valence-corrected chi connectivity index (χ2v) is 5.14. The van der Waals surface area contributed by atoms with E-state index in [0.717, 1.165) is 44.2 Å². The third kappa shape index (κ3) is 8.43. The summed E-state index contributed by atoms with van der Waals surface area (Å²) in [5, 5.41) is 6.65. The van der Waals surface area contributed by atoms with Gasteiger partial charge in [0.1, 0.15) is 5.75 Å². The third-order valence-corrected chi connectivity index (χ3v) is 3.18. The van der Waals surface area contributed by atoms with Crippen LogP contribution in [0.5, 0.6) is 5.75 Å². The van der Waals surface area contributed by atoms with Gasteiger partial charge in [-0.05, 0) is 45.1 Å². The van der Waals surface area contributed by atoms with E-state index in [1.165, 1.54) is 5.56 Å². The molecule has 126 valence electrons. The number of hydrogen-bond donors (Lipinski definition) is 2. The molecule has 0 saturated heterocycles. The molecule has 6 heteroatoms. The van der Waals surface area contributed by atoms with Gasteiger partial charge in [0.2, 0.25) is 0 Å². The minimum Gasteiger partial charge on any atom is -0.496 e. The van der Waals surface area contributed by atoms with Gasteiger partial charge in [0.15, 0.2) is 5.96 Å². The number of hydrogen-bond acceptors (Lipinski definition) is 3. The summed E-state index contributed by atoms with van der Waals surface area (Å²) in [7, 11) is 7.67. The Bertz CT molecular complexity index is 438. The Kier molecular flexibility index (Phi) is 11.9. The molecular formula is C16H29IN4O. The summed E-state index contributed by atoms with van der Waals surface area (Å²) in [6.45, 7) is 2.82. The van der Waals surface area contributed by atoms with Crippen LogP contribution in [-0.4, -0.2) is 58.7 Å². The molecule has 0 aliphatic rings. The van der Waals surface area contributed by atoms with Crippen molar-refractivity contribution in [3.63, 3.8) is 0 Å². The van der Waals surface area contributed by atoms with Crippen molar-refractivity contribution in [3.05, 3.63) is 29.8 Å². The highest BCUT2D eigenvalue weighted by molar-refractivity contribution is 14.0. The Labute approximate surface area is 151 Å². The number of guanidine groups is 1. The Hall–Kier alpha value is -1.02. The first kappa shape index (κ1) is 21.0. The Morgan fingerprint density at radius 3 is 2.50 bits per heavy atom. The van der Waals surface area contributed by atoms with Gasteiger partial charge in [0.05, 0.1) is 7.11 Å². The summed E-state index contributed by atoms with van der Waals surface area (Å²) >= 11 is 0. The van der Waals surface area contributed by atoms with Crippen molar-refractivity contribution in [2.75, 3.05) is 47.9 Å². The van der Waals surface area contributed by atoms with E-state index in [-0.39, 0.29) is 24.0 Å². The fourth-order valence-corrected chi connectivity index (χ4v) is 2.05. The Balaban J connectivity index is 0.00000441. The maximum atomic E-state index is 5.35. The van der Waals surface area contributed by atoms with Crippen LogP contribution < -0.4 is 15.4 Å². The first-order valence-corrected chi connectivity index (χ1v) is 7.38. The standard InChI is InChI=1S/C16H28N4O.HI/c1-17-16(18-11-7-13-20(2)3)19-12-10-14-8-5-6-9-15(14)21-4;/h5-6,8-9H,7,10-13H2,1-4H3,(H2,17,18,19);1H. The summed E-state index contributed by atoms with van der Waals surface area (Å²) < 4.78 is 5.35. The van der Waals surface area contributed by atoms with E-state index in [4.69, 9.17) is 4.74 Å². The van der Waals surface area contributed by atoms with Crippen molar-refractivity contribution in [2.45, 2.75) is 12.8 Å². The molecule has 0 aromatic heterocycles. The van der Waals surface area contributed by atoms with Gasteiger partial charge in [-0.15, -0.1) is 24.0 Å². The number of para-hydroxylation sites is 1. The van der Waals surface area contributed by atoms with Crippen LogP contribution >= 0.6 is 24.0 Å². The predicted molar refractivity (Wildman–Crippen MR) is 105 cm³/mol. The van der Waals surface area contributed by atoms with Gasteiger partial charge in [0.25, 0.3) is 0 Å². The van der Waals surface area contributed by atoms with Gasteiger partial charge in [-0.2, -0.15) is 0 Å². The molecule has 0 radical (unpaired) electrons. The van der Waals surface area contributed by atoms with E-state index in [1.807, 2.05) is 18.2 Å². The van der Waals surface area contributed by atoms with E-state index in [2.05, 4.69) is 40.7 Å². The molecule has 0 heterocycles. The van der Waals surface area contributed by atoms with Crippen molar-refractivity contribution in [2.24, 2.45) is 4.99 Å². The van der Waals surface area contributed by atoms with Gasteiger partial charge in [-0.1, -0.05) is 18.2 Å². The number of methoxy groups -OCH3 is 1. The van der Waals surface area contributed by atoms with Crippen molar-refractivity contribution < 1.29 is 4.74 Å². The molecule has 1 aromatic carbocycles. The van der Waals surface area contributed by atoms with Gasteiger partial charge in [-0.3, -0.25) is 4.99 Å². The Morgan fingerprint density at radius 1 is 1.18 bits per heavy atom. The summed E-state index contributed by atoms with van der Waals surface area (Å²) in [6, 6.07) is 8.10. The van der Waals surface area contributed by atoms with Crippen molar-refractivity contribution >= 4 is 29.9 Å². The molecule has 0 spiro atoms. The molecule has 0 atom stereocenters. The highest BCUT2D eigenvalue weighted by Gasteiger charge is 2.02. The molecule has 0 amide bonds. The highest BCUT2D eigenvalue weighted by Crippen LogP contribution is 2.17. The topological polar surface area (TPSA) is 48.9 Å². The predicted octanol–water partition coefficient (Wildman–Crippen LogP) is 1.97. The van der Waals surface area contributed by atoms with Crippen LogP contribution in [0.15, 0.2) is 29.3 Å². The second kappa shape index (κ2) is 12.5.